The van der Waals surface area contributed by atoms with Gasteiger partial charge in [0.05, 0.1) is 12.2 Å². The predicted molar refractivity (Wildman–Crippen MR) is 82.9 cm³/mol. The first-order valence-electron chi connectivity index (χ1n) is 7.86. The van der Waals surface area contributed by atoms with Crippen molar-refractivity contribution < 1.29 is 22.8 Å². The number of amides is 3. The van der Waals surface area contributed by atoms with Crippen molar-refractivity contribution in [3.63, 3.8) is 0 Å². The van der Waals surface area contributed by atoms with Crippen LogP contribution in [0.15, 0.2) is 12.1 Å². The van der Waals surface area contributed by atoms with Crippen LogP contribution in [0.1, 0.15) is 32.6 Å². The molecule has 8 heteroatoms. The second-order valence-corrected chi connectivity index (χ2v) is 5.97. The fourth-order valence-electron chi connectivity index (χ4n) is 2.73. The zero-order valence-electron chi connectivity index (χ0n) is 13.3. The molecule has 0 aliphatic heterocycles. The van der Waals surface area contributed by atoms with E-state index in [1.807, 2.05) is 0 Å². The highest BCUT2D eigenvalue weighted by molar-refractivity contribution is 5.94. The van der Waals surface area contributed by atoms with E-state index in [2.05, 4.69) is 22.9 Å². The molecule has 2 rings (SSSR count). The maximum atomic E-state index is 13.4. The summed E-state index contributed by atoms with van der Waals surface area (Å²) in [6.07, 6.45) is 4.12. The van der Waals surface area contributed by atoms with Crippen molar-refractivity contribution in [3.8, 4) is 0 Å². The third-order valence-corrected chi connectivity index (χ3v) is 4.15. The van der Waals surface area contributed by atoms with Gasteiger partial charge in [-0.3, -0.25) is 4.79 Å². The molecule has 24 heavy (non-hydrogen) atoms. The molecule has 1 saturated carbocycles. The number of benzene rings is 1. The minimum atomic E-state index is -1.66. The normalized spacial score (nSPS) is 20.3. The van der Waals surface area contributed by atoms with Gasteiger partial charge in [0.15, 0.2) is 17.5 Å². The third kappa shape index (κ3) is 4.62. The van der Waals surface area contributed by atoms with Gasteiger partial charge in [-0.05, 0) is 30.9 Å². The van der Waals surface area contributed by atoms with Gasteiger partial charge in [0.25, 0.3) is 0 Å². The Morgan fingerprint density at radius 2 is 1.83 bits per heavy atom. The van der Waals surface area contributed by atoms with Crippen molar-refractivity contribution >= 4 is 17.6 Å². The van der Waals surface area contributed by atoms with Crippen molar-refractivity contribution in [2.45, 2.75) is 38.6 Å². The molecule has 1 fully saturated rings. The molecule has 0 aromatic heterocycles. The maximum absolute atomic E-state index is 13.4. The van der Waals surface area contributed by atoms with Crippen LogP contribution in [-0.4, -0.2) is 24.5 Å². The maximum Gasteiger partial charge on any atom is 0.315 e. The standard InChI is InChI=1S/C16H20F3N3O2/c1-9-4-2-3-5-11(9)22-16(24)20-8-13(23)21-12-7-6-10(17)14(18)15(12)19/h6-7,9,11H,2-5,8H2,1H3,(H,21,23)(H2,20,22,24). The lowest BCUT2D eigenvalue weighted by molar-refractivity contribution is -0.115. The fraction of sp³-hybridized carbons (Fsp3) is 0.500. The smallest absolute Gasteiger partial charge is 0.315 e. The predicted octanol–water partition coefficient (Wildman–Crippen LogP) is 2.92. The van der Waals surface area contributed by atoms with Crippen molar-refractivity contribution in [3.05, 3.63) is 29.6 Å². The number of anilines is 1. The van der Waals surface area contributed by atoms with Gasteiger partial charge in [0.1, 0.15) is 0 Å². The molecule has 0 radical (unpaired) electrons. The Morgan fingerprint density at radius 3 is 2.54 bits per heavy atom. The Kier molecular flexibility index (Phi) is 6.05. The average molecular weight is 343 g/mol. The highest BCUT2D eigenvalue weighted by Crippen LogP contribution is 2.23. The topological polar surface area (TPSA) is 70.2 Å². The summed E-state index contributed by atoms with van der Waals surface area (Å²) in [6.45, 7) is 1.65. The summed E-state index contributed by atoms with van der Waals surface area (Å²) in [7, 11) is 0. The van der Waals surface area contributed by atoms with Crippen LogP contribution in [0.3, 0.4) is 0 Å². The summed E-state index contributed by atoms with van der Waals surface area (Å²) in [6, 6.07) is 1.19. The largest absolute Gasteiger partial charge is 0.335 e. The highest BCUT2D eigenvalue weighted by Gasteiger charge is 2.23. The van der Waals surface area contributed by atoms with Crippen LogP contribution in [0, 0.1) is 23.4 Å². The minimum absolute atomic E-state index is 0.0606. The Hall–Kier alpha value is -2.25. The Bertz CT molecular complexity index is 625. The lowest BCUT2D eigenvalue weighted by Crippen LogP contribution is -2.47. The molecule has 0 bridgehead atoms. The number of urea groups is 1. The van der Waals surface area contributed by atoms with Gasteiger partial charge in [-0.1, -0.05) is 19.8 Å². The molecule has 0 spiro atoms. The van der Waals surface area contributed by atoms with E-state index in [-0.39, 0.29) is 6.04 Å². The molecule has 1 aliphatic carbocycles. The quantitative estimate of drug-likeness (QED) is 0.736. The van der Waals surface area contributed by atoms with Crippen LogP contribution >= 0.6 is 0 Å². The second kappa shape index (κ2) is 8.03. The molecule has 1 aromatic carbocycles. The first-order valence-corrected chi connectivity index (χ1v) is 7.86. The van der Waals surface area contributed by atoms with Crippen molar-refractivity contribution in [2.75, 3.05) is 11.9 Å². The van der Waals surface area contributed by atoms with Gasteiger partial charge < -0.3 is 16.0 Å². The van der Waals surface area contributed by atoms with Gasteiger partial charge >= 0.3 is 6.03 Å². The van der Waals surface area contributed by atoms with Crippen molar-refractivity contribution in [1.82, 2.24) is 10.6 Å². The molecule has 3 N–H and O–H groups in total. The molecule has 2 unspecified atom stereocenters. The monoisotopic (exact) mass is 343 g/mol. The SMILES string of the molecule is CC1CCCCC1NC(=O)NCC(=O)Nc1ccc(F)c(F)c1F. The summed E-state index contributed by atoms with van der Waals surface area (Å²) >= 11 is 0. The first-order chi connectivity index (χ1) is 11.4. The van der Waals surface area contributed by atoms with Crippen LogP contribution < -0.4 is 16.0 Å². The molecular formula is C16H20F3N3O2. The summed E-state index contributed by atoms with van der Waals surface area (Å²) < 4.78 is 39.3. The number of halogens is 3. The van der Waals surface area contributed by atoms with E-state index in [9.17, 15) is 22.8 Å². The van der Waals surface area contributed by atoms with Crippen molar-refractivity contribution in [2.24, 2.45) is 5.92 Å². The lowest BCUT2D eigenvalue weighted by Gasteiger charge is -2.29. The first kappa shape index (κ1) is 18.1. The van der Waals surface area contributed by atoms with E-state index in [1.165, 1.54) is 0 Å². The fourth-order valence-corrected chi connectivity index (χ4v) is 2.73. The number of hydrogen-bond acceptors (Lipinski definition) is 2. The number of hydrogen-bond donors (Lipinski definition) is 3. The number of carbonyl (C=O) groups excluding carboxylic acids is 2. The zero-order chi connectivity index (χ0) is 17.7. The highest BCUT2D eigenvalue weighted by atomic mass is 19.2. The second-order valence-electron chi connectivity index (χ2n) is 5.97. The van der Waals surface area contributed by atoms with E-state index in [1.54, 1.807) is 0 Å². The molecular weight excluding hydrogens is 323 g/mol. The molecule has 0 saturated heterocycles. The molecule has 5 nitrogen and oxygen atoms in total. The molecule has 1 aromatic rings. The van der Waals surface area contributed by atoms with E-state index in [0.29, 0.717) is 12.0 Å². The Labute approximate surface area is 138 Å². The zero-order valence-corrected chi connectivity index (χ0v) is 13.3. The summed E-state index contributed by atoms with van der Waals surface area (Å²) in [5.41, 5.74) is -0.484. The van der Waals surface area contributed by atoms with Crippen LogP contribution in [0.4, 0.5) is 23.7 Å². The van der Waals surface area contributed by atoms with Gasteiger partial charge in [-0.25, -0.2) is 18.0 Å². The Balaban J connectivity index is 1.80. The van der Waals surface area contributed by atoms with Crippen LogP contribution in [0.25, 0.3) is 0 Å². The average Bonchev–Trinajstić information content (AvgIpc) is 2.56. The minimum Gasteiger partial charge on any atom is -0.335 e. The summed E-state index contributed by atoms with van der Waals surface area (Å²) in [5.74, 6) is -4.86. The third-order valence-electron chi connectivity index (χ3n) is 4.15. The van der Waals surface area contributed by atoms with Crippen LogP contribution in [-0.2, 0) is 4.79 Å². The summed E-state index contributed by atoms with van der Waals surface area (Å²) in [4.78, 5) is 23.5. The summed E-state index contributed by atoms with van der Waals surface area (Å²) in [5, 5.41) is 7.25. The molecule has 1 aliphatic rings. The molecule has 132 valence electrons. The van der Waals surface area contributed by atoms with Gasteiger partial charge in [0, 0.05) is 6.04 Å². The van der Waals surface area contributed by atoms with E-state index < -0.39 is 41.6 Å². The molecule has 2 atom stereocenters. The Morgan fingerprint density at radius 1 is 1.12 bits per heavy atom. The van der Waals surface area contributed by atoms with E-state index >= 15 is 0 Å². The van der Waals surface area contributed by atoms with E-state index in [4.69, 9.17) is 0 Å². The molecule has 3 amide bonds. The van der Waals surface area contributed by atoms with Gasteiger partial charge in [-0.15, -0.1) is 0 Å². The lowest BCUT2D eigenvalue weighted by atomic mass is 9.86. The van der Waals surface area contributed by atoms with Crippen LogP contribution in [0.5, 0.6) is 0 Å². The number of nitrogens with one attached hydrogen (secondary N) is 3. The molecule has 0 heterocycles. The van der Waals surface area contributed by atoms with Gasteiger partial charge in [0.2, 0.25) is 5.91 Å². The number of carbonyl (C=O) groups is 2. The number of rotatable bonds is 4. The van der Waals surface area contributed by atoms with Gasteiger partial charge in [-0.2, -0.15) is 0 Å². The van der Waals surface area contributed by atoms with Crippen LogP contribution in [0.2, 0.25) is 0 Å². The van der Waals surface area contributed by atoms with Crippen molar-refractivity contribution in [1.29, 1.82) is 0 Å². The van der Waals surface area contributed by atoms with E-state index in [0.717, 1.165) is 31.7 Å².